The zero-order valence-electron chi connectivity index (χ0n) is 12.3. The molecule has 1 aliphatic rings. The van der Waals surface area contributed by atoms with E-state index in [1.807, 2.05) is 18.7 Å². The summed E-state index contributed by atoms with van der Waals surface area (Å²) in [4.78, 5) is 13.2. The topological polar surface area (TPSA) is 96.1 Å². The van der Waals surface area contributed by atoms with Crippen LogP contribution < -0.4 is 4.90 Å². The van der Waals surface area contributed by atoms with E-state index in [4.69, 9.17) is 4.74 Å². The monoisotopic (exact) mass is 316 g/mol. The maximum atomic E-state index is 11.2. The minimum atomic E-state index is -0.745. The van der Waals surface area contributed by atoms with Crippen molar-refractivity contribution < 1.29 is 19.9 Å². The Labute approximate surface area is 126 Å². The van der Waals surface area contributed by atoms with Crippen molar-refractivity contribution >= 4 is 22.0 Å². The summed E-state index contributed by atoms with van der Waals surface area (Å²) in [5, 5.41) is 30.7. The number of aliphatic hydroxyl groups excluding tert-OH is 2. The molecule has 1 saturated heterocycles. The fourth-order valence-corrected chi connectivity index (χ4v) is 3.57. The zero-order valence-corrected chi connectivity index (χ0v) is 13.1. The van der Waals surface area contributed by atoms with E-state index in [9.17, 15) is 20.3 Å². The lowest BCUT2D eigenvalue weighted by Gasteiger charge is -2.42. The second kappa shape index (κ2) is 5.88. The number of ether oxygens (including phenoxy) is 1. The molecule has 118 valence electrons. The molecule has 2 N–H and O–H groups in total. The molecular formula is C13H20N2O5S. The molecule has 0 amide bonds. The van der Waals surface area contributed by atoms with Gasteiger partial charge in [0.05, 0.1) is 29.3 Å². The van der Waals surface area contributed by atoms with E-state index in [1.165, 1.54) is 17.4 Å². The Morgan fingerprint density at radius 2 is 2.33 bits per heavy atom. The van der Waals surface area contributed by atoms with Crippen LogP contribution in [0.25, 0.3) is 0 Å². The van der Waals surface area contributed by atoms with Crippen molar-refractivity contribution in [1.82, 2.24) is 0 Å². The van der Waals surface area contributed by atoms with Crippen LogP contribution in [0, 0.1) is 10.1 Å². The Bertz CT molecular complexity index is 529. The molecule has 2 heterocycles. The van der Waals surface area contributed by atoms with Crippen LogP contribution in [0.15, 0.2) is 6.07 Å². The standard InChI is InChI=1S/C13H20N2O5S/c1-8(17)11-4-10(15(18)19)12(21-11)14-5-9(6-16)20-13(2,3)7-14/h4,8-9,16-17H,5-7H2,1-3H3/t8-,9?/m0/s1. The first kappa shape index (κ1) is 16.2. The fourth-order valence-electron chi connectivity index (χ4n) is 2.50. The first-order chi connectivity index (χ1) is 9.73. The van der Waals surface area contributed by atoms with E-state index >= 15 is 0 Å². The first-order valence-electron chi connectivity index (χ1n) is 6.73. The molecule has 1 aromatic rings. The van der Waals surface area contributed by atoms with Gasteiger partial charge >= 0.3 is 5.69 Å². The van der Waals surface area contributed by atoms with Gasteiger partial charge in [-0.25, -0.2) is 0 Å². The van der Waals surface area contributed by atoms with Crippen LogP contribution in [0.1, 0.15) is 31.8 Å². The third kappa shape index (κ3) is 3.52. The molecule has 21 heavy (non-hydrogen) atoms. The molecule has 1 unspecified atom stereocenters. The second-order valence-electron chi connectivity index (χ2n) is 5.83. The average molecular weight is 316 g/mol. The summed E-state index contributed by atoms with van der Waals surface area (Å²) in [5.74, 6) is 0. The summed E-state index contributed by atoms with van der Waals surface area (Å²) >= 11 is 1.21. The summed E-state index contributed by atoms with van der Waals surface area (Å²) in [6.07, 6.45) is -1.13. The molecule has 0 spiro atoms. The van der Waals surface area contributed by atoms with Gasteiger partial charge in [0.2, 0.25) is 0 Å². The Kier molecular flexibility index (Phi) is 4.52. The summed E-state index contributed by atoms with van der Waals surface area (Å²) < 4.78 is 5.72. The molecular weight excluding hydrogens is 296 g/mol. The summed E-state index contributed by atoms with van der Waals surface area (Å²) in [6, 6.07) is 1.42. The minimum Gasteiger partial charge on any atom is -0.394 e. The van der Waals surface area contributed by atoms with Crippen LogP contribution in [0.5, 0.6) is 0 Å². The van der Waals surface area contributed by atoms with Gasteiger partial charge in [0, 0.05) is 24.0 Å². The van der Waals surface area contributed by atoms with Crippen molar-refractivity contribution in [3.8, 4) is 0 Å². The van der Waals surface area contributed by atoms with Crippen LogP contribution in [0.2, 0.25) is 0 Å². The molecule has 2 rings (SSSR count). The predicted octanol–water partition coefficient (Wildman–Crippen LogP) is 1.69. The fraction of sp³-hybridized carbons (Fsp3) is 0.692. The highest BCUT2D eigenvalue weighted by molar-refractivity contribution is 7.16. The average Bonchev–Trinajstić information content (AvgIpc) is 2.82. The smallest absolute Gasteiger partial charge is 0.304 e. The lowest BCUT2D eigenvalue weighted by molar-refractivity contribution is -0.383. The lowest BCUT2D eigenvalue weighted by atomic mass is 10.1. The van der Waals surface area contributed by atoms with Gasteiger partial charge in [-0.2, -0.15) is 0 Å². The normalized spacial score (nSPS) is 23.1. The minimum absolute atomic E-state index is 0.00899. The van der Waals surface area contributed by atoms with E-state index < -0.39 is 16.6 Å². The molecule has 0 aliphatic carbocycles. The number of nitrogens with zero attached hydrogens (tertiary/aromatic N) is 2. The van der Waals surface area contributed by atoms with Gasteiger partial charge in [0.15, 0.2) is 5.00 Å². The Morgan fingerprint density at radius 3 is 2.86 bits per heavy atom. The maximum absolute atomic E-state index is 11.2. The van der Waals surface area contributed by atoms with E-state index in [-0.39, 0.29) is 18.4 Å². The highest BCUT2D eigenvalue weighted by atomic mass is 32.1. The van der Waals surface area contributed by atoms with Crippen molar-refractivity contribution in [3.05, 3.63) is 21.1 Å². The van der Waals surface area contributed by atoms with Gasteiger partial charge in [-0.1, -0.05) is 0 Å². The van der Waals surface area contributed by atoms with E-state index in [2.05, 4.69) is 0 Å². The molecule has 0 bridgehead atoms. The van der Waals surface area contributed by atoms with Gasteiger partial charge in [0.1, 0.15) is 0 Å². The van der Waals surface area contributed by atoms with Gasteiger partial charge in [-0.05, 0) is 20.8 Å². The number of nitro groups is 1. The van der Waals surface area contributed by atoms with Gasteiger partial charge in [0.25, 0.3) is 0 Å². The number of anilines is 1. The molecule has 0 aromatic carbocycles. The number of thiophene rings is 1. The largest absolute Gasteiger partial charge is 0.394 e. The van der Waals surface area contributed by atoms with Crippen LogP contribution in [-0.4, -0.2) is 46.5 Å². The number of rotatable bonds is 4. The summed E-state index contributed by atoms with van der Waals surface area (Å²) in [6.45, 7) is 6.10. The highest BCUT2D eigenvalue weighted by Crippen LogP contribution is 2.42. The molecule has 2 atom stereocenters. The van der Waals surface area contributed by atoms with E-state index in [0.29, 0.717) is 23.0 Å². The van der Waals surface area contributed by atoms with Gasteiger partial charge in [-0.3, -0.25) is 10.1 Å². The van der Waals surface area contributed by atoms with Crippen molar-refractivity contribution in [2.24, 2.45) is 0 Å². The Balaban J connectivity index is 2.37. The molecule has 7 nitrogen and oxygen atoms in total. The quantitative estimate of drug-likeness (QED) is 0.648. The van der Waals surface area contributed by atoms with Crippen LogP contribution >= 0.6 is 11.3 Å². The molecule has 1 aromatic heterocycles. The molecule has 0 radical (unpaired) electrons. The van der Waals surface area contributed by atoms with E-state index in [1.54, 1.807) is 6.92 Å². The predicted molar refractivity (Wildman–Crippen MR) is 79.9 cm³/mol. The van der Waals surface area contributed by atoms with Crippen molar-refractivity contribution in [1.29, 1.82) is 0 Å². The second-order valence-corrected chi connectivity index (χ2v) is 6.90. The van der Waals surface area contributed by atoms with Crippen molar-refractivity contribution in [2.75, 3.05) is 24.6 Å². The third-order valence-electron chi connectivity index (χ3n) is 3.29. The molecule has 1 fully saturated rings. The van der Waals surface area contributed by atoms with Crippen LogP contribution in [0.4, 0.5) is 10.7 Å². The van der Waals surface area contributed by atoms with Crippen LogP contribution in [0.3, 0.4) is 0 Å². The molecule has 0 saturated carbocycles. The third-order valence-corrected chi connectivity index (χ3v) is 4.65. The van der Waals surface area contributed by atoms with Gasteiger partial charge < -0.3 is 19.8 Å². The number of hydrogen-bond acceptors (Lipinski definition) is 7. The van der Waals surface area contributed by atoms with E-state index in [0.717, 1.165) is 0 Å². The maximum Gasteiger partial charge on any atom is 0.304 e. The molecule has 1 aliphatic heterocycles. The van der Waals surface area contributed by atoms with Gasteiger partial charge in [-0.15, -0.1) is 11.3 Å². The SMILES string of the molecule is C[C@H](O)c1cc([N+](=O)[O-])c(N2CC(CO)OC(C)(C)C2)s1. The van der Waals surface area contributed by atoms with Crippen molar-refractivity contribution in [3.63, 3.8) is 0 Å². The number of hydrogen-bond donors (Lipinski definition) is 2. The first-order valence-corrected chi connectivity index (χ1v) is 7.55. The number of morpholine rings is 1. The zero-order chi connectivity index (χ0) is 15.8. The Hall–Kier alpha value is -1.22. The number of aliphatic hydroxyl groups is 2. The summed E-state index contributed by atoms with van der Waals surface area (Å²) in [7, 11) is 0. The van der Waals surface area contributed by atoms with Crippen molar-refractivity contribution in [2.45, 2.75) is 38.6 Å². The Morgan fingerprint density at radius 1 is 1.67 bits per heavy atom. The lowest BCUT2D eigenvalue weighted by Crippen LogP contribution is -2.53. The molecule has 8 heteroatoms. The van der Waals surface area contributed by atoms with Crippen LogP contribution in [-0.2, 0) is 4.74 Å². The summed E-state index contributed by atoms with van der Waals surface area (Å²) in [5.41, 5.74) is -0.514. The highest BCUT2D eigenvalue weighted by Gasteiger charge is 2.37.